The van der Waals surface area contributed by atoms with E-state index in [1.165, 1.54) is 12.1 Å². The molecule has 0 aromatic heterocycles. The highest BCUT2D eigenvalue weighted by molar-refractivity contribution is 5.40. The highest BCUT2D eigenvalue weighted by atomic mass is 19.1. The van der Waals surface area contributed by atoms with Gasteiger partial charge >= 0.3 is 0 Å². The fourth-order valence-electron chi connectivity index (χ4n) is 2.15. The first-order chi connectivity index (χ1) is 6.71. The topological polar surface area (TPSA) is 35.2 Å². The third-order valence-electron chi connectivity index (χ3n) is 3.37. The molecule has 0 saturated heterocycles. The van der Waals surface area contributed by atoms with Crippen LogP contribution in [-0.2, 0) is 0 Å². The van der Waals surface area contributed by atoms with Crippen molar-refractivity contribution in [3.05, 3.63) is 29.6 Å². The van der Waals surface area contributed by atoms with E-state index in [1.807, 2.05) is 0 Å². The molecule has 0 bridgehead atoms. The summed E-state index contributed by atoms with van der Waals surface area (Å²) in [5, 5.41) is 0. The highest BCUT2D eigenvalue weighted by Crippen LogP contribution is 2.57. The van der Waals surface area contributed by atoms with E-state index in [4.69, 9.17) is 10.5 Å². The molecule has 1 aromatic carbocycles. The molecule has 14 heavy (non-hydrogen) atoms. The predicted molar refractivity (Wildman–Crippen MR) is 50.5 cm³/mol. The number of hydrogen-bond donors (Lipinski definition) is 1. The van der Waals surface area contributed by atoms with Crippen molar-refractivity contribution in [1.29, 1.82) is 0 Å². The van der Waals surface area contributed by atoms with Crippen LogP contribution in [0.25, 0.3) is 0 Å². The molecule has 1 fully saturated rings. The Morgan fingerprint density at radius 1 is 1.43 bits per heavy atom. The molecule has 0 radical (unpaired) electrons. The standard InChI is InChI=1S/C11H12FNO/c12-7-1-2-9-8(5-7)10(13)11(3-4-11)6-14-9/h1-2,5,10H,3-4,6,13H2. The minimum Gasteiger partial charge on any atom is -0.493 e. The van der Waals surface area contributed by atoms with E-state index in [2.05, 4.69) is 0 Å². The van der Waals surface area contributed by atoms with Gasteiger partial charge in [0.25, 0.3) is 0 Å². The van der Waals surface area contributed by atoms with Crippen molar-refractivity contribution in [1.82, 2.24) is 0 Å². The number of ether oxygens (including phenoxy) is 1. The second kappa shape index (κ2) is 2.48. The molecule has 1 saturated carbocycles. The van der Waals surface area contributed by atoms with Crippen molar-refractivity contribution in [2.75, 3.05) is 6.61 Å². The van der Waals surface area contributed by atoms with Crippen molar-refractivity contribution in [3.8, 4) is 5.75 Å². The van der Waals surface area contributed by atoms with E-state index >= 15 is 0 Å². The number of benzene rings is 1. The lowest BCUT2D eigenvalue weighted by Gasteiger charge is -2.31. The van der Waals surface area contributed by atoms with Crippen LogP contribution in [0.3, 0.4) is 0 Å². The van der Waals surface area contributed by atoms with Gasteiger partial charge in [-0.3, -0.25) is 0 Å². The maximum atomic E-state index is 13.0. The molecule has 1 unspecified atom stereocenters. The predicted octanol–water partition coefficient (Wildman–Crippen LogP) is 2.00. The molecule has 1 aliphatic heterocycles. The van der Waals surface area contributed by atoms with Gasteiger partial charge in [0, 0.05) is 17.0 Å². The molecule has 1 heterocycles. The van der Waals surface area contributed by atoms with Gasteiger partial charge in [-0.15, -0.1) is 0 Å². The third kappa shape index (κ3) is 0.989. The second-order valence-corrected chi connectivity index (χ2v) is 4.31. The Morgan fingerprint density at radius 3 is 2.93 bits per heavy atom. The van der Waals surface area contributed by atoms with Crippen LogP contribution < -0.4 is 10.5 Å². The first kappa shape index (κ1) is 8.24. The fourth-order valence-corrected chi connectivity index (χ4v) is 2.15. The molecule has 3 rings (SSSR count). The van der Waals surface area contributed by atoms with Crippen molar-refractivity contribution in [2.24, 2.45) is 11.1 Å². The van der Waals surface area contributed by atoms with E-state index in [-0.39, 0.29) is 17.3 Å². The Hall–Kier alpha value is -1.09. The van der Waals surface area contributed by atoms with Gasteiger partial charge in [0.2, 0.25) is 0 Å². The van der Waals surface area contributed by atoms with E-state index in [9.17, 15) is 4.39 Å². The van der Waals surface area contributed by atoms with Crippen molar-refractivity contribution < 1.29 is 9.13 Å². The van der Waals surface area contributed by atoms with Crippen LogP contribution in [0.1, 0.15) is 24.4 Å². The minimum atomic E-state index is -0.236. The molecule has 1 atom stereocenters. The SMILES string of the molecule is NC1c2cc(F)ccc2OCC12CC2. The molecule has 1 spiro atoms. The maximum absolute atomic E-state index is 13.0. The molecule has 1 aliphatic carbocycles. The molecule has 74 valence electrons. The van der Waals surface area contributed by atoms with Gasteiger partial charge in [-0.2, -0.15) is 0 Å². The molecule has 2 nitrogen and oxygen atoms in total. The summed E-state index contributed by atoms with van der Waals surface area (Å²) in [6, 6.07) is 4.53. The number of hydrogen-bond acceptors (Lipinski definition) is 2. The molecular weight excluding hydrogens is 181 g/mol. The largest absolute Gasteiger partial charge is 0.493 e. The molecule has 2 aliphatic rings. The highest BCUT2D eigenvalue weighted by Gasteiger charge is 2.52. The van der Waals surface area contributed by atoms with Crippen LogP contribution in [0.5, 0.6) is 5.75 Å². The summed E-state index contributed by atoms with van der Waals surface area (Å²) in [6.45, 7) is 0.687. The summed E-state index contributed by atoms with van der Waals surface area (Å²) in [5.41, 5.74) is 7.05. The zero-order valence-electron chi connectivity index (χ0n) is 7.79. The number of rotatable bonds is 0. The lowest BCUT2D eigenvalue weighted by Crippen LogP contribution is -2.32. The Kier molecular flexibility index (Phi) is 1.46. The van der Waals surface area contributed by atoms with Crippen molar-refractivity contribution >= 4 is 0 Å². The molecule has 2 N–H and O–H groups in total. The van der Waals surface area contributed by atoms with Crippen LogP contribution in [0, 0.1) is 11.2 Å². The third-order valence-corrected chi connectivity index (χ3v) is 3.37. The Labute approximate surface area is 81.9 Å². The second-order valence-electron chi connectivity index (χ2n) is 4.31. The van der Waals surface area contributed by atoms with E-state index in [1.54, 1.807) is 6.07 Å². The zero-order valence-corrected chi connectivity index (χ0v) is 7.79. The average Bonchev–Trinajstić information content (AvgIpc) is 2.94. The van der Waals surface area contributed by atoms with Crippen LogP contribution in [-0.4, -0.2) is 6.61 Å². The van der Waals surface area contributed by atoms with E-state index in [0.717, 1.165) is 24.2 Å². The lowest BCUT2D eigenvalue weighted by molar-refractivity contribution is 0.177. The van der Waals surface area contributed by atoms with E-state index < -0.39 is 0 Å². The van der Waals surface area contributed by atoms with Gasteiger partial charge in [-0.25, -0.2) is 4.39 Å². The van der Waals surface area contributed by atoms with Gasteiger partial charge in [-0.05, 0) is 31.0 Å². The first-order valence-corrected chi connectivity index (χ1v) is 4.89. The van der Waals surface area contributed by atoms with Gasteiger partial charge in [0.15, 0.2) is 0 Å². The summed E-state index contributed by atoms with van der Waals surface area (Å²) in [7, 11) is 0. The van der Waals surface area contributed by atoms with Gasteiger partial charge in [-0.1, -0.05) is 0 Å². The summed E-state index contributed by atoms with van der Waals surface area (Å²) in [5.74, 6) is 0.511. The van der Waals surface area contributed by atoms with Gasteiger partial charge in [0.1, 0.15) is 11.6 Å². The molecule has 3 heteroatoms. The van der Waals surface area contributed by atoms with Crippen LogP contribution in [0.15, 0.2) is 18.2 Å². The number of halogens is 1. The number of fused-ring (bicyclic) bond motifs is 1. The number of nitrogens with two attached hydrogens (primary N) is 1. The molecule has 1 aromatic rings. The maximum Gasteiger partial charge on any atom is 0.124 e. The summed E-state index contributed by atoms with van der Waals surface area (Å²) >= 11 is 0. The zero-order chi connectivity index (χ0) is 9.76. The smallest absolute Gasteiger partial charge is 0.124 e. The van der Waals surface area contributed by atoms with E-state index in [0.29, 0.717) is 6.61 Å². The van der Waals surface area contributed by atoms with Crippen molar-refractivity contribution in [2.45, 2.75) is 18.9 Å². The first-order valence-electron chi connectivity index (χ1n) is 4.89. The Morgan fingerprint density at radius 2 is 2.21 bits per heavy atom. The average molecular weight is 193 g/mol. The quantitative estimate of drug-likeness (QED) is 0.684. The van der Waals surface area contributed by atoms with Gasteiger partial charge in [0.05, 0.1) is 6.61 Å². The lowest BCUT2D eigenvalue weighted by atomic mass is 9.89. The van der Waals surface area contributed by atoms with Crippen LogP contribution in [0.2, 0.25) is 0 Å². The van der Waals surface area contributed by atoms with Crippen LogP contribution >= 0.6 is 0 Å². The van der Waals surface area contributed by atoms with Crippen LogP contribution in [0.4, 0.5) is 4.39 Å². The minimum absolute atomic E-state index is 0.0538. The Bertz CT molecular complexity index is 387. The van der Waals surface area contributed by atoms with Gasteiger partial charge < -0.3 is 10.5 Å². The monoisotopic (exact) mass is 193 g/mol. The normalized spacial score (nSPS) is 26.9. The molecular formula is C11H12FNO. The summed E-state index contributed by atoms with van der Waals surface area (Å²) < 4.78 is 18.6. The van der Waals surface area contributed by atoms with Crippen molar-refractivity contribution in [3.63, 3.8) is 0 Å². The molecule has 0 amide bonds. The summed E-state index contributed by atoms with van der Waals surface area (Å²) in [4.78, 5) is 0. The Balaban J connectivity index is 2.09. The fraction of sp³-hybridized carbons (Fsp3) is 0.455. The summed E-state index contributed by atoms with van der Waals surface area (Å²) in [6.07, 6.45) is 2.20.